The van der Waals surface area contributed by atoms with Crippen LogP contribution in [-0.2, 0) is 24.4 Å². The molecule has 0 aliphatic carbocycles. The van der Waals surface area contributed by atoms with E-state index < -0.39 is 0 Å². The van der Waals surface area contributed by atoms with Crippen molar-refractivity contribution in [3.05, 3.63) is 83.4 Å². The third kappa shape index (κ3) is 5.76. The summed E-state index contributed by atoms with van der Waals surface area (Å²) in [6.45, 7) is 17.0. The number of hydrogen-bond donors (Lipinski definition) is 0. The topological polar surface area (TPSA) is 69.4 Å². The van der Waals surface area contributed by atoms with E-state index in [4.69, 9.17) is 21.3 Å². The standard InChI is InChI=1S/C32H37N7O2/c1-4-30(40)39-15-14-38(19-27(39)17-33-2)31-28-20-37(18-23-11-12-24-8-5-6-9-25(24)16-23)21-29(28)34-32(35-31)41-22-26-10-7-13-36(26)3/h4-6,8-9,11-12,16,26-27H,1,7,10,13-15,17-22H2,3H3/t26-,27-/m0/s1. The van der Waals surface area contributed by atoms with Gasteiger partial charge in [0.05, 0.1) is 5.69 Å². The lowest BCUT2D eigenvalue weighted by molar-refractivity contribution is -0.128. The Morgan fingerprint density at radius 1 is 1.12 bits per heavy atom. The SMILES string of the molecule is [C-]#[N+]C[C@H]1CN(c2nc(OC[C@@H]3CCCN3C)nc3c2CN(Cc2ccc4ccccc4c2)C3)CCN1C(=O)C=C. The molecule has 9 nitrogen and oxygen atoms in total. The third-order valence-electron chi connectivity index (χ3n) is 8.64. The van der Waals surface area contributed by atoms with Crippen LogP contribution in [0, 0.1) is 6.57 Å². The second-order valence-corrected chi connectivity index (χ2v) is 11.3. The largest absolute Gasteiger partial charge is 0.462 e. The van der Waals surface area contributed by atoms with Gasteiger partial charge in [-0.25, -0.2) is 6.57 Å². The first-order valence-corrected chi connectivity index (χ1v) is 14.5. The van der Waals surface area contributed by atoms with E-state index in [1.54, 1.807) is 4.90 Å². The summed E-state index contributed by atoms with van der Waals surface area (Å²) in [7, 11) is 2.14. The minimum absolute atomic E-state index is 0.127. The Morgan fingerprint density at radius 3 is 2.76 bits per heavy atom. The number of carbonyl (C=O) groups excluding carboxylic acids is 1. The molecule has 41 heavy (non-hydrogen) atoms. The zero-order valence-electron chi connectivity index (χ0n) is 23.7. The molecular weight excluding hydrogens is 514 g/mol. The Hall–Kier alpha value is -4.00. The first-order valence-electron chi connectivity index (χ1n) is 14.5. The van der Waals surface area contributed by atoms with Crippen LogP contribution in [0.25, 0.3) is 15.6 Å². The van der Waals surface area contributed by atoms with Gasteiger partial charge in [-0.3, -0.25) is 9.69 Å². The number of benzene rings is 2. The highest BCUT2D eigenvalue weighted by Crippen LogP contribution is 2.34. The molecule has 1 aromatic heterocycles. The van der Waals surface area contributed by atoms with Gasteiger partial charge in [0.1, 0.15) is 18.5 Å². The number of carbonyl (C=O) groups is 1. The number of likely N-dealkylation sites (N-methyl/N-ethyl adjacent to an activating group) is 1. The van der Waals surface area contributed by atoms with Gasteiger partial charge in [-0.05, 0) is 54.9 Å². The molecular formula is C32H37N7O2. The summed E-state index contributed by atoms with van der Waals surface area (Å²) in [5, 5.41) is 2.49. The van der Waals surface area contributed by atoms with Crippen LogP contribution in [0.2, 0.25) is 0 Å². The van der Waals surface area contributed by atoms with Gasteiger partial charge in [-0.15, -0.1) is 0 Å². The number of hydrogen-bond acceptors (Lipinski definition) is 7. The van der Waals surface area contributed by atoms with Gasteiger partial charge < -0.3 is 24.3 Å². The average molecular weight is 552 g/mol. The second-order valence-electron chi connectivity index (χ2n) is 11.3. The Bertz CT molecular complexity index is 1480. The molecule has 2 fully saturated rings. The molecule has 0 saturated carbocycles. The Labute approximate surface area is 241 Å². The van der Waals surface area contributed by atoms with Gasteiger partial charge in [0.25, 0.3) is 0 Å². The van der Waals surface area contributed by atoms with Crippen molar-refractivity contribution in [3.63, 3.8) is 0 Å². The summed E-state index contributed by atoms with van der Waals surface area (Å²) < 4.78 is 6.23. The Morgan fingerprint density at radius 2 is 1.98 bits per heavy atom. The molecule has 2 saturated heterocycles. The molecule has 3 aliphatic rings. The fourth-order valence-electron chi connectivity index (χ4n) is 6.39. The van der Waals surface area contributed by atoms with Crippen molar-refractivity contribution in [2.24, 2.45) is 0 Å². The summed E-state index contributed by atoms with van der Waals surface area (Å²) in [6, 6.07) is 15.7. The first kappa shape index (κ1) is 27.2. The van der Waals surface area contributed by atoms with Crippen molar-refractivity contribution < 1.29 is 9.53 Å². The molecule has 3 aliphatic heterocycles. The van der Waals surface area contributed by atoms with Crippen molar-refractivity contribution in [1.29, 1.82) is 0 Å². The van der Waals surface area contributed by atoms with E-state index in [0.717, 1.165) is 49.7 Å². The molecule has 1 amide bonds. The van der Waals surface area contributed by atoms with Crippen LogP contribution >= 0.6 is 0 Å². The summed E-state index contributed by atoms with van der Waals surface area (Å²) in [5.74, 6) is 0.740. The average Bonchev–Trinajstić information content (AvgIpc) is 3.60. The normalized spacial score (nSPS) is 21.2. The second kappa shape index (κ2) is 11.9. The maximum absolute atomic E-state index is 12.5. The van der Waals surface area contributed by atoms with Gasteiger partial charge in [-0.2, -0.15) is 9.97 Å². The van der Waals surface area contributed by atoms with Crippen molar-refractivity contribution in [2.75, 3.05) is 51.3 Å². The van der Waals surface area contributed by atoms with E-state index in [-0.39, 0.29) is 18.5 Å². The zero-order valence-corrected chi connectivity index (χ0v) is 23.7. The summed E-state index contributed by atoms with van der Waals surface area (Å²) in [6.07, 6.45) is 3.64. The van der Waals surface area contributed by atoms with Crippen LogP contribution in [0.4, 0.5) is 5.82 Å². The van der Waals surface area contributed by atoms with Crippen molar-refractivity contribution in [2.45, 2.75) is 44.6 Å². The minimum Gasteiger partial charge on any atom is -0.462 e. The van der Waals surface area contributed by atoms with Crippen LogP contribution in [-0.4, -0.2) is 89.0 Å². The molecule has 3 aromatic rings. The first-order chi connectivity index (χ1) is 20.0. The van der Waals surface area contributed by atoms with E-state index in [1.165, 1.54) is 28.8 Å². The molecule has 9 heteroatoms. The fourth-order valence-corrected chi connectivity index (χ4v) is 6.39. The molecule has 6 rings (SSSR count). The molecule has 0 radical (unpaired) electrons. The maximum Gasteiger partial charge on any atom is 0.318 e. The van der Waals surface area contributed by atoms with Crippen molar-refractivity contribution in [3.8, 4) is 6.01 Å². The summed E-state index contributed by atoms with van der Waals surface area (Å²) in [5.41, 5.74) is 3.37. The molecule has 212 valence electrons. The van der Waals surface area contributed by atoms with Gasteiger partial charge in [0.2, 0.25) is 12.5 Å². The fraction of sp³-hybridized carbons (Fsp3) is 0.438. The lowest BCUT2D eigenvalue weighted by Crippen LogP contribution is -2.56. The van der Waals surface area contributed by atoms with E-state index in [9.17, 15) is 4.79 Å². The molecule has 4 heterocycles. The van der Waals surface area contributed by atoms with Gasteiger partial charge in [0, 0.05) is 50.9 Å². The lowest BCUT2D eigenvalue weighted by Gasteiger charge is -2.40. The maximum atomic E-state index is 12.5. The van der Waals surface area contributed by atoms with Gasteiger partial charge in [-0.1, -0.05) is 43.0 Å². The molecule has 0 bridgehead atoms. The predicted molar refractivity (Wildman–Crippen MR) is 159 cm³/mol. The highest BCUT2D eigenvalue weighted by Gasteiger charge is 2.35. The Kier molecular flexibility index (Phi) is 7.86. The quantitative estimate of drug-likeness (QED) is 0.312. The number of nitrogens with zero attached hydrogens (tertiary/aromatic N) is 7. The number of piperazine rings is 1. The monoisotopic (exact) mass is 551 g/mol. The molecule has 0 N–H and O–H groups in total. The van der Waals surface area contributed by atoms with E-state index in [0.29, 0.717) is 38.3 Å². The Balaban J connectivity index is 1.26. The van der Waals surface area contributed by atoms with Crippen LogP contribution in [0.1, 0.15) is 29.7 Å². The summed E-state index contributed by atoms with van der Waals surface area (Å²) in [4.78, 5) is 34.7. The van der Waals surface area contributed by atoms with Gasteiger partial charge in [0.15, 0.2) is 0 Å². The van der Waals surface area contributed by atoms with E-state index in [1.807, 2.05) is 0 Å². The number of rotatable bonds is 8. The van der Waals surface area contributed by atoms with Crippen LogP contribution < -0.4 is 9.64 Å². The highest BCUT2D eigenvalue weighted by atomic mass is 16.5. The number of aromatic nitrogens is 2. The zero-order chi connectivity index (χ0) is 28.3. The third-order valence-corrected chi connectivity index (χ3v) is 8.64. The summed E-state index contributed by atoms with van der Waals surface area (Å²) >= 11 is 0. The van der Waals surface area contributed by atoms with Crippen LogP contribution in [0.15, 0.2) is 55.1 Å². The molecule has 2 atom stereocenters. The number of anilines is 1. The van der Waals surface area contributed by atoms with E-state index >= 15 is 0 Å². The highest BCUT2D eigenvalue weighted by molar-refractivity contribution is 5.87. The minimum atomic E-state index is -0.219. The predicted octanol–water partition coefficient (Wildman–Crippen LogP) is 3.74. The smallest absolute Gasteiger partial charge is 0.318 e. The number of amides is 1. The molecule has 0 unspecified atom stereocenters. The van der Waals surface area contributed by atoms with Crippen molar-refractivity contribution >= 4 is 22.5 Å². The van der Waals surface area contributed by atoms with Crippen molar-refractivity contribution in [1.82, 2.24) is 24.7 Å². The van der Waals surface area contributed by atoms with Crippen LogP contribution in [0.5, 0.6) is 6.01 Å². The van der Waals surface area contributed by atoms with Crippen LogP contribution in [0.3, 0.4) is 0 Å². The van der Waals surface area contributed by atoms with Gasteiger partial charge >= 0.3 is 6.01 Å². The number of likely N-dealkylation sites (tertiary alicyclic amines) is 1. The lowest BCUT2D eigenvalue weighted by atomic mass is 10.1. The molecule has 2 aromatic carbocycles. The number of fused-ring (bicyclic) bond motifs is 2. The van der Waals surface area contributed by atoms with E-state index in [2.05, 4.69) is 75.6 Å². The number of ether oxygens (including phenoxy) is 1. The molecule has 0 spiro atoms.